The summed E-state index contributed by atoms with van der Waals surface area (Å²) in [6, 6.07) is 2.48. The summed E-state index contributed by atoms with van der Waals surface area (Å²) in [5.41, 5.74) is -2.04. The molecule has 1 aliphatic carbocycles. The highest BCUT2D eigenvalue weighted by atomic mass is 19.4. The Morgan fingerprint density at radius 2 is 1.79 bits per heavy atom. The van der Waals surface area contributed by atoms with Crippen LogP contribution in [0.5, 0.6) is 0 Å². The molecule has 104 valence electrons. The maximum absolute atomic E-state index is 13.2. The molecule has 0 unspecified atom stereocenters. The van der Waals surface area contributed by atoms with E-state index in [1.54, 1.807) is 6.92 Å². The van der Waals surface area contributed by atoms with Crippen molar-refractivity contribution in [3.8, 4) is 0 Å². The number of carbonyl (C=O) groups excluding carboxylic acids is 1. The SMILES string of the molecule is CC1(C(=O)c2ccc(F)c(C(F)(F)F)c2)CCCC1. The number of alkyl halides is 3. The molecule has 1 saturated carbocycles. The second kappa shape index (κ2) is 4.62. The van der Waals surface area contributed by atoms with Gasteiger partial charge in [-0.15, -0.1) is 0 Å². The fraction of sp³-hybridized carbons (Fsp3) is 0.500. The largest absolute Gasteiger partial charge is 0.419 e. The molecule has 1 fully saturated rings. The molecular formula is C14H14F4O. The number of halogens is 4. The smallest absolute Gasteiger partial charge is 0.294 e. The molecule has 5 heteroatoms. The van der Waals surface area contributed by atoms with E-state index in [1.165, 1.54) is 0 Å². The normalized spacial score (nSPS) is 18.6. The fourth-order valence-electron chi connectivity index (χ4n) is 2.61. The molecule has 1 aromatic rings. The zero-order valence-corrected chi connectivity index (χ0v) is 10.5. The van der Waals surface area contributed by atoms with Crippen molar-refractivity contribution in [2.45, 2.75) is 38.8 Å². The highest BCUT2D eigenvalue weighted by Crippen LogP contribution is 2.41. The van der Waals surface area contributed by atoms with Crippen molar-refractivity contribution in [2.75, 3.05) is 0 Å². The number of hydrogen-bond acceptors (Lipinski definition) is 1. The van der Waals surface area contributed by atoms with Crippen molar-refractivity contribution in [1.82, 2.24) is 0 Å². The van der Waals surface area contributed by atoms with Gasteiger partial charge in [0.1, 0.15) is 5.82 Å². The lowest BCUT2D eigenvalue weighted by Gasteiger charge is -2.22. The topological polar surface area (TPSA) is 17.1 Å². The van der Waals surface area contributed by atoms with Gasteiger partial charge in [0.25, 0.3) is 0 Å². The lowest BCUT2D eigenvalue weighted by atomic mass is 9.80. The zero-order valence-electron chi connectivity index (χ0n) is 10.5. The average Bonchev–Trinajstić information content (AvgIpc) is 2.76. The van der Waals surface area contributed by atoms with Crippen LogP contribution < -0.4 is 0 Å². The van der Waals surface area contributed by atoms with E-state index in [2.05, 4.69) is 0 Å². The molecule has 0 radical (unpaired) electrons. The molecular weight excluding hydrogens is 260 g/mol. The van der Waals surface area contributed by atoms with Crippen molar-refractivity contribution >= 4 is 5.78 Å². The van der Waals surface area contributed by atoms with Crippen molar-refractivity contribution < 1.29 is 22.4 Å². The quantitative estimate of drug-likeness (QED) is 0.568. The maximum atomic E-state index is 13.2. The van der Waals surface area contributed by atoms with E-state index < -0.39 is 23.0 Å². The summed E-state index contributed by atoms with van der Waals surface area (Å²) in [4.78, 5) is 12.3. The predicted molar refractivity (Wildman–Crippen MR) is 62.3 cm³/mol. The fourth-order valence-corrected chi connectivity index (χ4v) is 2.61. The monoisotopic (exact) mass is 274 g/mol. The second-order valence-corrected chi connectivity index (χ2v) is 5.29. The first-order chi connectivity index (χ1) is 8.74. The van der Waals surface area contributed by atoms with Gasteiger partial charge in [-0.2, -0.15) is 13.2 Å². The molecule has 0 bridgehead atoms. The van der Waals surface area contributed by atoms with E-state index >= 15 is 0 Å². The molecule has 19 heavy (non-hydrogen) atoms. The van der Waals surface area contributed by atoms with Crippen LogP contribution in [-0.2, 0) is 6.18 Å². The molecule has 0 spiro atoms. The number of benzene rings is 1. The molecule has 0 saturated heterocycles. The molecule has 0 heterocycles. The van der Waals surface area contributed by atoms with E-state index in [4.69, 9.17) is 0 Å². The predicted octanol–water partition coefficient (Wildman–Crippen LogP) is 4.61. The number of rotatable bonds is 2. The standard InChI is InChI=1S/C14H14F4O/c1-13(6-2-3-7-13)12(19)9-4-5-11(15)10(8-9)14(16,17)18/h4-5,8H,2-3,6-7H2,1H3. The van der Waals surface area contributed by atoms with Crippen LogP contribution in [0, 0.1) is 11.2 Å². The van der Waals surface area contributed by atoms with E-state index in [1.807, 2.05) is 0 Å². The van der Waals surface area contributed by atoms with Gasteiger partial charge in [0.15, 0.2) is 5.78 Å². The second-order valence-electron chi connectivity index (χ2n) is 5.29. The molecule has 2 rings (SSSR count). The zero-order chi connectivity index (χ0) is 14.3. The third-order valence-corrected chi connectivity index (χ3v) is 3.79. The Hall–Kier alpha value is -1.39. The van der Waals surface area contributed by atoms with Crippen LogP contribution in [0.2, 0.25) is 0 Å². The van der Waals surface area contributed by atoms with E-state index in [0.717, 1.165) is 18.9 Å². The molecule has 0 N–H and O–H groups in total. The molecule has 1 aromatic carbocycles. The average molecular weight is 274 g/mol. The van der Waals surface area contributed by atoms with Crippen LogP contribution in [0.1, 0.15) is 48.5 Å². The summed E-state index contributed by atoms with van der Waals surface area (Å²) in [7, 11) is 0. The van der Waals surface area contributed by atoms with Gasteiger partial charge in [0.05, 0.1) is 5.56 Å². The Bertz CT molecular complexity index is 499. The Morgan fingerprint density at radius 1 is 1.21 bits per heavy atom. The molecule has 0 aromatic heterocycles. The van der Waals surface area contributed by atoms with Gasteiger partial charge < -0.3 is 0 Å². The summed E-state index contributed by atoms with van der Waals surface area (Å²) < 4.78 is 51.0. The van der Waals surface area contributed by atoms with Crippen LogP contribution in [0.25, 0.3) is 0 Å². The Morgan fingerprint density at radius 3 is 2.32 bits per heavy atom. The first kappa shape index (κ1) is 14.0. The van der Waals surface area contributed by atoms with E-state index in [-0.39, 0.29) is 11.3 Å². The van der Waals surface area contributed by atoms with Gasteiger partial charge in [-0.05, 0) is 31.0 Å². The Labute approximate surface area is 108 Å². The lowest BCUT2D eigenvalue weighted by molar-refractivity contribution is -0.140. The summed E-state index contributed by atoms with van der Waals surface area (Å²) in [6.45, 7) is 1.76. The minimum Gasteiger partial charge on any atom is -0.294 e. The van der Waals surface area contributed by atoms with Crippen LogP contribution in [0.15, 0.2) is 18.2 Å². The van der Waals surface area contributed by atoms with Crippen molar-refractivity contribution in [3.63, 3.8) is 0 Å². The minimum atomic E-state index is -4.78. The van der Waals surface area contributed by atoms with Gasteiger partial charge in [0.2, 0.25) is 0 Å². The Balaban J connectivity index is 2.39. The first-order valence-electron chi connectivity index (χ1n) is 6.16. The number of hydrogen-bond donors (Lipinski definition) is 0. The van der Waals surface area contributed by atoms with Gasteiger partial charge in [0, 0.05) is 11.0 Å². The molecule has 0 atom stereocenters. The van der Waals surface area contributed by atoms with Gasteiger partial charge in [-0.3, -0.25) is 4.79 Å². The van der Waals surface area contributed by atoms with E-state index in [0.29, 0.717) is 25.0 Å². The van der Waals surface area contributed by atoms with Gasteiger partial charge in [-0.25, -0.2) is 4.39 Å². The van der Waals surface area contributed by atoms with Gasteiger partial charge in [-0.1, -0.05) is 19.8 Å². The summed E-state index contributed by atoms with van der Waals surface area (Å²) in [5, 5.41) is 0. The van der Waals surface area contributed by atoms with E-state index in [9.17, 15) is 22.4 Å². The minimum absolute atomic E-state index is 0.0573. The van der Waals surface area contributed by atoms with Crippen molar-refractivity contribution in [1.29, 1.82) is 0 Å². The Kier molecular flexibility index (Phi) is 3.41. The number of carbonyl (C=O) groups is 1. The van der Waals surface area contributed by atoms with Crippen LogP contribution in [0.4, 0.5) is 17.6 Å². The maximum Gasteiger partial charge on any atom is 0.419 e. The lowest BCUT2D eigenvalue weighted by Crippen LogP contribution is -2.25. The summed E-state index contributed by atoms with van der Waals surface area (Å²) in [6.07, 6.45) is -1.64. The third-order valence-electron chi connectivity index (χ3n) is 3.79. The number of Topliss-reactive ketones (excluding diaryl/α,β-unsaturated/α-hetero) is 1. The van der Waals surface area contributed by atoms with Crippen molar-refractivity contribution in [2.24, 2.45) is 5.41 Å². The first-order valence-corrected chi connectivity index (χ1v) is 6.16. The number of ketones is 1. The van der Waals surface area contributed by atoms with Crippen LogP contribution in [-0.4, -0.2) is 5.78 Å². The van der Waals surface area contributed by atoms with Gasteiger partial charge >= 0.3 is 6.18 Å². The van der Waals surface area contributed by atoms with Crippen molar-refractivity contribution in [3.05, 3.63) is 35.1 Å². The summed E-state index contributed by atoms with van der Waals surface area (Å²) in [5.74, 6) is -1.67. The van der Waals surface area contributed by atoms with Crippen LogP contribution in [0.3, 0.4) is 0 Å². The summed E-state index contributed by atoms with van der Waals surface area (Å²) >= 11 is 0. The highest BCUT2D eigenvalue weighted by molar-refractivity contribution is 6.00. The molecule has 1 aliphatic rings. The molecule has 0 amide bonds. The molecule has 1 nitrogen and oxygen atoms in total. The third kappa shape index (κ3) is 2.65. The highest BCUT2D eigenvalue weighted by Gasteiger charge is 2.39. The van der Waals surface area contributed by atoms with Crippen LogP contribution >= 0.6 is 0 Å². The molecule has 0 aliphatic heterocycles.